The molecule has 0 bridgehead atoms. The number of ketones is 1. The van der Waals surface area contributed by atoms with Gasteiger partial charge in [0.1, 0.15) is 5.78 Å². The molecule has 0 saturated carbocycles. The van der Waals surface area contributed by atoms with Crippen LogP contribution >= 0.6 is 11.3 Å². The molecule has 84 valence electrons. The molecule has 0 radical (unpaired) electrons. The molecule has 0 aliphatic rings. The van der Waals surface area contributed by atoms with E-state index in [0.29, 0.717) is 13.0 Å². The normalized spacial score (nSPS) is 12.7. The fraction of sp³-hybridized carbons (Fsp3) is 0.583. The minimum absolute atomic E-state index is 0.0391. The van der Waals surface area contributed by atoms with E-state index in [1.54, 1.807) is 11.3 Å². The van der Waals surface area contributed by atoms with E-state index < -0.39 is 0 Å². The van der Waals surface area contributed by atoms with Gasteiger partial charge in [-0.2, -0.15) is 0 Å². The maximum absolute atomic E-state index is 11.8. The summed E-state index contributed by atoms with van der Waals surface area (Å²) in [4.78, 5) is 14.3. The van der Waals surface area contributed by atoms with E-state index in [1.807, 2.05) is 6.92 Å². The van der Waals surface area contributed by atoms with Gasteiger partial charge in [0.25, 0.3) is 0 Å². The van der Waals surface area contributed by atoms with Gasteiger partial charge >= 0.3 is 0 Å². The van der Waals surface area contributed by atoms with Crippen molar-refractivity contribution in [3.63, 3.8) is 0 Å². The molecule has 0 spiro atoms. The van der Waals surface area contributed by atoms with Gasteiger partial charge in [0.15, 0.2) is 0 Å². The molecule has 1 aromatic heterocycles. The van der Waals surface area contributed by atoms with Crippen molar-refractivity contribution < 1.29 is 4.79 Å². The highest BCUT2D eigenvalue weighted by molar-refractivity contribution is 7.12. The van der Waals surface area contributed by atoms with E-state index in [1.165, 1.54) is 9.75 Å². The summed E-state index contributed by atoms with van der Waals surface area (Å²) in [6.45, 7) is 4.62. The molecule has 0 aliphatic carbocycles. The summed E-state index contributed by atoms with van der Waals surface area (Å²) in [6.07, 6.45) is 2.45. The summed E-state index contributed by atoms with van der Waals surface area (Å²) in [6, 6.07) is 4.17. The summed E-state index contributed by atoms with van der Waals surface area (Å²) >= 11 is 1.74. The summed E-state index contributed by atoms with van der Waals surface area (Å²) in [7, 11) is 0. The fourth-order valence-corrected chi connectivity index (χ4v) is 2.52. The predicted octanol–water partition coefficient (Wildman–Crippen LogP) is 2.41. The smallest absolute Gasteiger partial charge is 0.142 e. The topological polar surface area (TPSA) is 43.1 Å². The highest BCUT2D eigenvalue weighted by Gasteiger charge is 2.15. The van der Waals surface area contributed by atoms with Gasteiger partial charge < -0.3 is 5.73 Å². The lowest BCUT2D eigenvalue weighted by Crippen LogP contribution is -2.24. The van der Waals surface area contributed by atoms with Gasteiger partial charge in [-0.1, -0.05) is 13.8 Å². The number of thiophene rings is 1. The van der Waals surface area contributed by atoms with Crippen LogP contribution < -0.4 is 5.73 Å². The van der Waals surface area contributed by atoms with E-state index in [0.717, 1.165) is 12.8 Å². The first-order valence-corrected chi connectivity index (χ1v) is 6.33. The van der Waals surface area contributed by atoms with Crippen molar-refractivity contribution >= 4 is 17.1 Å². The Morgan fingerprint density at radius 3 is 2.53 bits per heavy atom. The Morgan fingerprint density at radius 1 is 1.40 bits per heavy atom. The lowest BCUT2D eigenvalue weighted by atomic mass is 9.98. The maximum atomic E-state index is 11.8. The molecule has 1 atom stereocenters. The highest BCUT2D eigenvalue weighted by Crippen LogP contribution is 2.19. The monoisotopic (exact) mass is 225 g/mol. The van der Waals surface area contributed by atoms with Crippen LogP contribution in [0.4, 0.5) is 0 Å². The zero-order valence-corrected chi connectivity index (χ0v) is 10.3. The van der Waals surface area contributed by atoms with Crippen LogP contribution in [-0.2, 0) is 17.6 Å². The number of nitrogens with two attached hydrogens (primary N) is 1. The average Bonchev–Trinajstić information content (AvgIpc) is 2.67. The van der Waals surface area contributed by atoms with Crippen molar-refractivity contribution in [2.45, 2.75) is 33.1 Å². The third kappa shape index (κ3) is 3.43. The minimum Gasteiger partial charge on any atom is -0.330 e. The van der Waals surface area contributed by atoms with Crippen LogP contribution in [0.2, 0.25) is 0 Å². The molecule has 1 aromatic rings. The molecule has 2 nitrogen and oxygen atoms in total. The largest absolute Gasteiger partial charge is 0.330 e. The van der Waals surface area contributed by atoms with E-state index in [9.17, 15) is 4.79 Å². The molecule has 1 rings (SSSR count). The lowest BCUT2D eigenvalue weighted by Gasteiger charge is -2.09. The van der Waals surface area contributed by atoms with Crippen LogP contribution in [-0.4, -0.2) is 12.3 Å². The zero-order chi connectivity index (χ0) is 11.3. The molecular weight excluding hydrogens is 206 g/mol. The van der Waals surface area contributed by atoms with Crippen LogP contribution in [0.15, 0.2) is 12.1 Å². The van der Waals surface area contributed by atoms with Gasteiger partial charge in [-0.25, -0.2) is 0 Å². The zero-order valence-electron chi connectivity index (χ0n) is 9.45. The standard InChI is InChI=1S/C12H19NOS/c1-3-9(8-13)12(14)7-11-6-5-10(4-2)15-11/h5-6,9H,3-4,7-8,13H2,1-2H3. The Kier molecular flexibility index (Phi) is 4.99. The second-order valence-corrected chi connectivity index (χ2v) is 4.96. The first kappa shape index (κ1) is 12.4. The quantitative estimate of drug-likeness (QED) is 0.808. The molecule has 0 saturated heterocycles. The van der Waals surface area contributed by atoms with E-state index in [-0.39, 0.29) is 11.7 Å². The van der Waals surface area contributed by atoms with Gasteiger partial charge in [-0.3, -0.25) is 4.79 Å². The fourth-order valence-electron chi connectivity index (χ4n) is 1.55. The first-order valence-electron chi connectivity index (χ1n) is 5.51. The van der Waals surface area contributed by atoms with Crippen LogP contribution in [0.1, 0.15) is 30.0 Å². The molecule has 2 N–H and O–H groups in total. The third-order valence-electron chi connectivity index (χ3n) is 2.65. The molecule has 1 unspecified atom stereocenters. The molecule has 0 amide bonds. The van der Waals surface area contributed by atoms with Crippen LogP contribution in [0.25, 0.3) is 0 Å². The van der Waals surface area contributed by atoms with Crippen LogP contribution in [0, 0.1) is 5.92 Å². The van der Waals surface area contributed by atoms with Gasteiger partial charge in [0.05, 0.1) is 0 Å². The van der Waals surface area contributed by atoms with Crippen molar-refractivity contribution in [2.24, 2.45) is 11.7 Å². The van der Waals surface area contributed by atoms with Crippen molar-refractivity contribution in [3.8, 4) is 0 Å². The Hall–Kier alpha value is -0.670. The van der Waals surface area contributed by atoms with Gasteiger partial charge in [-0.15, -0.1) is 11.3 Å². The first-order chi connectivity index (χ1) is 7.21. The summed E-state index contributed by atoms with van der Waals surface area (Å²) in [5.74, 6) is 0.321. The second-order valence-electron chi connectivity index (χ2n) is 3.71. The number of Topliss-reactive ketones (excluding diaryl/α,β-unsaturated/α-hetero) is 1. The third-order valence-corrected chi connectivity index (χ3v) is 3.88. The Labute approximate surface area is 95.5 Å². The van der Waals surface area contributed by atoms with Crippen molar-refractivity contribution in [1.82, 2.24) is 0 Å². The molecule has 1 heterocycles. The Balaban J connectivity index is 2.57. The summed E-state index contributed by atoms with van der Waals surface area (Å²) < 4.78 is 0. The Bertz CT molecular complexity index is 315. The SMILES string of the molecule is CCc1ccc(CC(=O)C(CC)CN)s1. The number of hydrogen-bond donors (Lipinski definition) is 1. The molecule has 0 aliphatic heterocycles. The number of rotatable bonds is 6. The minimum atomic E-state index is 0.0391. The number of hydrogen-bond acceptors (Lipinski definition) is 3. The van der Waals surface area contributed by atoms with Gasteiger partial charge in [0, 0.05) is 28.6 Å². The summed E-state index contributed by atoms with van der Waals surface area (Å²) in [5, 5.41) is 0. The molecular formula is C12H19NOS. The molecule has 3 heteroatoms. The second kappa shape index (κ2) is 6.03. The lowest BCUT2D eigenvalue weighted by molar-refractivity contribution is -0.121. The predicted molar refractivity (Wildman–Crippen MR) is 65.2 cm³/mol. The van der Waals surface area contributed by atoms with Crippen molar-refractivity contribution in [3.05, 3.63) is 21.9 Å². The number of carbonyl (C=O) groups is 1. The highest BCUT2D eigenvalue weighted by atomic mass is 32.1. The molecule has 15 heavy (non-hydrogen) atoms. The number of aryl methyl sites for hydroxylation is 1. The van der Waals surface area contributed by atoms with Crippen molar-refractivity contribution in [1.29, 1.82) is 0 Å². The maximum Gasteiger partial charge on any atom is 0.142 e. The van der Waals surface area contributed by atoms with Gasteiger partial charge in [-0.05, 0) is 25.0 Å². The van der Waals surface area contributed by atoms with E-state index >= 15 is 0 Å². The Morgan fingerprint density at radius 2 is 2.07 bits per heavy atom. The molecule has 0 aromatic carbocycles. The molecule has 0 fully saturated rings. The average molecular weight is 225 g/mol. The van der Waals surface area contributed by atoms with Crippen LogP contribution in [0.3, 0.4) is 0 Å². The number of carbonyl (C=O) groups excluding carboxylic acids is 1. The van der Waals surface area contributed by atoms with Crippen LogP contribution in [0.5, 0.6) is 0 Å². The van der Waals surface area contributed by atoms with Gasteiger partial charge in [0.2, 0.25) is 0 Å². The van der Waals surface area contributed by atoms with E-state index in [2.05, 4.69) is 19.1 Å². The van der Waals surface area contributed by atoms with E-state index in [4.69, 9.17) is 5.73 Å². The van der Waals surface area contributed by atoms with Crippen molar-refractivity contribution in [2.75, 3.05) is 6.54 Å². The summed E-state index contributed by atoms with van der Waals surface area (Å²) in [5.41, 5.74) is 5.55.